The fourth-order valence-corrected chi connectivity index (χ4v) is 1.86. The van der Waals surface area contributed by atoms with E-state index in [1.165, 1.54) is 11.8 Å². The molecule has 2 aromatic heterocycles. The Bertz CT molecular complexity index is 537. The van der Waals surface area contributed by atoms with Crippen LogP contribution >= 0.6 is 27.7 Å². The van der Waals surface area contributed by atoms with Crippen LogP contribution in [0.2, 0.25) is 0 Å². The van der Waals surface area contributed by atoms with E-state index in [1.807, 2.05) is 6.26 Å². The van der Waals surface area contributed by atoms with E-state index in [-0.39, 0.29) is 0 Å². The Balaban J connectivity index is 2.26. The van der Waals surface area contributed by atoms with Gasteiger partial charge in [0.2, 0.25) is 5.88 Å². The molecule has 0 atom stereocenters. The zero-order valence-corrected chi connectivity index (χ0v) is 11.3. The second kappa shape index (κ2) is 5.33. The van der Waals surface area contributed by atoms with E-state index in [0.29, 0.717) is 22.6 Å². The average molecular weight is 313 g/mol. The van der Waals surface area contributed by atoms with Gasteiger partial charge in [0, 0.05) is 16.7 Å². The van der Waals surface area contributed by atoms with Crippen molar-refractivity contribution in [2.24, 2.45) is 0 Å². The van der Waals surface area contributed by atoms with Crippen LogP contribution in [0.15, 0.2) is 34.2 Å². The Morgan fingerprint density at radius 3 is 2.82 bits per heavy atom. The Labute approximate surface area is 111 Å². The first-order valence-electron chi connectivity index (χ1n) is 4.64. The van der Waals surface area contributed by atoms with Crippen molar-refractivity contribution in [1.82, 2.24) is 15.0 Å². The van der Waals surface area contributed by atoms with Crippen LogP contribution in [0.25, 0.3) is 0 Å². The third-order valence-corrected chi connectivity index (χ3v) is 2.77. The molecule has 0 aliphatic heterocycles. The lowest BCUT2D eigenvalue weighted by Gasteiger charge is -2.06. The Morgan fingerprint density at radius 1 is 1.29 bits per heavy atom. The van der Waals surface area contributed by atoms with Gasteiger partial charge in [-0.2, -0.15) is 4.98 Å². The Morgan fingerprint density at radius 2 is 2.12 bits per heavy atom. The van der Waals surface area contributed by atoms with E-state index in [4.69, 9.17) is 10.5 Å². The number of nitrogens with two attached hydrogens (primary N) is 1. The zero-order chi connectivity index (χ0) is 12.3. The number of nitrogen functional groups attached to an aromatic ring is 1. The molecule has 7 heteroatoms. The van der Waals surface area contributed by atoms with E-state index in [9.17, 15) is 0 Å². The van der Waals surface area contributed by atoms with Crippen molar-refractivity contribution in [1.29, 1.82) is 0 Å². The van der Waals surface area contributed by atoms with Crippen molar-refractivity contribution in [2.75, 3.05) is 12.0 Å². The lowest BCUT2D eigenvalue weighted by Crippen LogP contribution is -1.97. The molecule has 0 amide bonds. The van der Waals surface area contributed by atoms with Gasteiger partial charge in [-0.15, -0.1) is 0 Å². The van der Waals surface area contributed by atoms with E-state index in [1.54, 1.807) is 24.5 Å². The molecule has 0 saturated carbocycles. The smallest absolute Gasteiger partial charge is 0.225 e. The SMILES string of the molecule is CSc1nc(N)cc(Oc2cncc(Br)c2)n1. The maximum atomic E-state index is 5.65. The summed E-state index contributed by atoms with van der Waals surface area (Å²) in [5.41, 5.74) is 5.65. The number of anilines is 1. The second-order valence-electron chi connectivity index (χ2n) is 3.06. The summed E-state index contributed by atoms with van der Waals surface area (Å²) >= 11 is 4.72. The molecular weight excluding hydrogens is 304 g/mol. The fourth-order valence-electron chi connectivity index (χ4n) is 1.13. The highest BCUT2D eigenvalue weighted by Gasteiger charge is 2.04. The predicted molar refractivity (Wildman–Crippen MR) is 70.2 cm³/mol. The van der Waals surface area contributed by atoms with Crippen molar-refractivity contribution in [2.45, 2.75) is 5.16 Å². The van der Waals surface area contributed by atoms with Crippen LogP contribution in [0.5, 0.6) is 11.6 Å². The number of nitrogens with zero attached hydrogens (tertiary/aromatic N) is 3. The van der Waals surface area contributed by atoms with Gasteiger partial charge in [0.15, 0.2) is 5.16 Å². The molecule has 5 nitrogen and oxygen atoms in total. The Hall–Kier alpha value is -1.34. The third kappa shape index (κ3) is 3.31. The number of aromatic nitrogens is 3. The van der Waals surface area contributed by atoms with Gasteiger partial charge in [-0.3, -0.25) is 4.98 Å². The molecular formula is C10H9BrN4OS. The third-order valence-electron chi connectivity index (χ3n) is 1.79. The summed E-state index contributed by atoms with van der Waals surface area (Å²) < 4.78 is 6.38. The highest BCUT2D eigenvalue weighted by atomic mass is 79.9. The predicted octanol–water partition coefficient (Wildman–Crippen LogP) is 2.73. The first kappa shape index (κ1) is 12.1. The summed E-state index contributed by atoms with van der Waals surface area (Å²) in [5.74, 6) is 1.37. The van der Waals surface area contributed by atoms with Crippen molar-refractivity contribution in [3.63, 3.8) is 0 Å². The van der Waals surface area contributed by atoms with Crippen LogP contribution in [0, 0.1) is 0 Å². The highest BCUT2D eigenvalue weighted by molar-refractivity contribution is 9.10. The summed E-state index contributed by atoms with van der Waals surface area (Å²) in [7, 11) is 0. The number of rotatable bonds is 3. The average Bonchev–Trinajstić information content (AvgIpc) is 2.28. The molecule has 0 bridgehead atoms. The fraction of sp³-hybridized carbons (Fsp3) is 0.100. The minimum absolute atomic E-state index is 0.377. The number of halogens is 1. The molecule has 0 aliphatic carbocycles. The van der Waals surface area contributed by atoms with Gasteiger partial charge >= 0.3 is 0 Å². The summed E-state index contributed by atoms with van der Waals surface area (Å²) in [5, 5.41) is 0.572. The maximum absolute atomic E-state index is 5.65. The first-order valence-corrected chi connectivity index (χ1v) is 6.66. The molecule has 2 rings (SSSR count). The van der Waals surface area contributed by atoms with Gasteiger partial charge < -0.3 is 10.5 Å². The molecule has 2 aromatic rings. The lowest BCUT2D eigenvalue weighted by molar-refractivity contribution is 0.454. The first-order chi connectivity index (χ1) is 8.17. The summed E-state index contributed by atoms with van der Waals surface area (Å²) in [6.07, 6.45) is 5.15. The van der Waals surface area contributed by atoms with Crippen molar-refractivity contribution in [3.8, 4) is 11.6 Å². The number of hydrogen-bond acceptors (Lipinski definition) is 6. The lowest BCUT2D eigenvalue weighted by atomic mass is 10.4. The van der Waals surface area contributed by atoms with Gasteiger partial charge in [0.05, 0.1) is 6.20 Å². The molecule has 0 aromatic carbocycles. The van der Waals surface area contributed by atoms with Crippen LogP contribution in [0.3, 0.4) is 0 Å². The van der Waals surface area contributed by atoms with E-state index in [2.05, 4.69) is 30.9 Å². The molecule has 0 saturated heterocycles. The van der Waals surface area contributed by atoms with Gasteiger partial charge in [-0.25, -0.2) is 4.98 Å². The number of thioether (sulfide) groups is 1. The molecule has 2 heterocycles. The van der Waals surface area contributed by atoms with Crippen LogP contribution < -0.4 is 10.5 Å². The molecule has 0 radical (unpaired) electrons. The molecule has 0 aliphatic rings. The van der Waals surface area contributed by atoms with E-state index < -0.39 is 0 Å². The topological polar surface area (TPSA) is 73.9 Å². The van der Waals surface area contributed by atoms with Crippen LogP contribution in [0.4, 0.5) is 5.82 Å². The number of ether oxygens (including phenoxy) is 1. The molecule has 2 N–H and O–H groups in total. The highest BCUT2D eigenvalue weighted by Crippen LogP contribution is 2.24. The van der Waals surface area contributed by atoms with Gasteiger partial charge in [0.1, 0.15) is 11.6 Å². The minimum atomic E-state index is 0.377. The molecule has 17 heavy (non-hydrogen) atoms. The molecule has 0 unspecified atom stereocenters. The quantitative estimate of drug-likeness (QED) is 0.694. The van der Waals surface area contributed by atoms with Crippen LogP contribution in [-0.4, -0.2) is 21.2 Å². The monoisotopic (exact) mass is 312 g/mol. The number of hydrogen-bond donors (Lipinski definition) is 1. The molecule has 0 fully saturated rings. The molecule has 0 spiro atoms. The van der Waals surface area contributed by atoms with Gasteiger partial charge in [-0.1, -0.05) is 11.8 Å². The largest absolute Gasteiger partial charge is 0.437 e. The molecule has 88 valence electrons. The zero-order valence-electron chi connectivity index (χ0n) is 8.92. The second-order valence-corrected chi connectivity index (χ2v) is 4.75. The summed E-state index contributed by atoms with van der Waals surface area (Å²) in [4.78, 5) is 12.2. The Kier molecular flexibility index (Phi) is 3.80. The maximum Gasteiger partial charge on any atom is 0.225 e. The van der Waals surface area contributed by atoms with Crippen molar-refractivity contribution >= 4 is 33.5 Å². The standard InChI is InChI=1S/C10H9BrN4OS/c1-17-10-14-8(12)3-9(15-10)16-7-2-6(11)4-13-5-7/h2-5H,1H3,(H2,12,14,15). The van der Waals surface area contributed by atoms with Gasteiger partial charge in [0.25, 0.3) is 0 Å². The summed E-state index contributed by atoms with van der Waals surface area (Å²) in [6.45, 7) is 0. The normalized spacial score (nSPS) is 10.2. The van der Waals surface area contributed by atoms with E-state index in [0.717, 1.165) is 4.47 Å². The van der Waals surface area contributed by atoms with Crippen molar-refractivity contribution < 1.29 is 4.74 Å². The summed E-state index contributed by atoms with van der Waals surface area (Å²) in [6, 6.07) is 3.37. The van der Waals surface area contributed by atoms with Crippen molar-refractivity contribution in [3.05, 3.63) is 29.0 Å². The van der Waals surface area contributed by atoms with Crippen LogP contribution in [-0.2, 0) is 0 Å². The van der Waals surface area contributed by atoms with Gasteiger partial charge in [-0.05, 0) is 28.3 Å². The van der Waals surface area contributed by atoms with Crippen LogP contribution in [0.1, 0.15) is 0 Å². The number of pyridine rings is 1. The van der Waals surface area contributed by atoms with E-state index >= 15 is 0 Å². The minimum Gasteiger partial charge on any atom is -0.437 e.